The Balaban J connectivity index is 1.96. The number of nitrogens with zero attached hydrogens (tertiary/aromatic N) is 1. The zero-order valence-corrected chi connectivity index (χ0v) is 19.7. The van der Waals surface area contributed by atoms with E-state index < -0.39 is 0 Å². The Labute approximate surface area is 196 Å². The fraction of sp³-hybridized carbons (Fsp3) is 0.321. The first kappa shape index (κ1) is 24.0. The van der Waals surface area contributed by atoms with E-state index >= 15 is 0 Å². The predicted octanol–water partition coefficient (Wildman–Crippen LogP) is 6.28. The first-order chi connectivity index (χ1) is 15.3. The maximum atomic E-state index is 10.1. The third-order valence-electron chi connectivity index (χ3n) is 6.17. The monoisotopic (exact) mass is 446 g/mol. The van der Waals surface area contributed by atoms with Crippen LogP contribution in [-0.4, -0.2) is 17.8 Å². The molecular weight excluding hydrogens is 416 g/mol. The number of benzene rings is 3. The van der Waals surface area contributed by atoms with E-state index in [1.165, 1.54) is 5.56 Å². The lowest BCUT2D eigenvalue weighted by atomic mass is 9.79. The number of rotatable bonds is 9. The van der Waals surface area contributed by atoms with Gasteiger partial charge in [-0.15, -0.1) is 0 Å². The zero-order valence-electron chi connectivity index (χ0n) is 18.9. The van der Waals surface area contributed by atoms with Gasteiger partial charge < -0.3 is 10.4 Å². The molecule has 166 valence electrons. The van der Waals surface area contributed by atoms with Crippen molar-refractivity contribution in [2.24, 2.45) is 5.41 Å². The van der Waals surface area contributed by atoms with E-state index in [1.54, 1.807) is 0 Å². The van der Waals surface area contributed by atoms with Gasteiger partial charge in [-0.2, -0.15) is 5.26 Å². The normalized spacial score (nSPS) is 14.4. The van der Waals surface area contributed by atoms with Crippen LogP contribution in [0.2, 0.25) is 5.02 Å². The highest BCUT2D eigenvalue weighted by Gasteiger charge is 2.33. The Bertz CT molecular complexity index is 1040. The summed E-state index contributed by atoms with van der Waals surface area (Å²) >= 11 is 6.10. The molecule has 32 heavy (non-hydrogen) atoms. The minimum Gasteiger partial charge on any atom is -0.396 e. The Morgan fingerprint density at radius 2 is 1.62 bits per heavy atom. The summed E-state index contributed by atoms with van der Waals surface area (Å²) in [5.41, 5.74) is 3.76. The lowest BCUT2D eigenvalue weighted by molar-refractivity contribution is 0.108. The summed E-state index contributed by atoms with van der Waals surface area (Å²) in [6.07, 6.45) is 0.807. The van der Waals surface area contributed by atoms with Gasteiger partial charge in [0.1, 0.15) is 0 Å². The van der Waals surface area contributed by atoms with Crippen LogP contribution in [0.3, 0.4) is 0 Å². The molecule has 0 spiro atoms. The van der Waals surface area contributed by atoms with Gasteiger partial charge in [0.2, 0.25) is 0 Å². The molecule has 2 unspecified atom stereocenters. The average Bonchev–Trinajstić information content (AvgIpc) is 2.82. The number of hydrogen-bond donors (Lipinski definition) is 2. The molecule has 0 aliphatic carbocycles. The average molecular weight is 447 g/mol. The summed E-state index contributed by atoms with van der Waals surface area (Å²) in [7, 11) is 0. The first-order valence-corrected chi connectivity index (χ1v) is 11.4. The van der Waals surface area contributed by atoms with Crippen molar-refractivity contribution < 1.29 is 5.11 Å². The zero-order chi connectivity index (χ0) is 23.1. The second-order valence-electron chi connectivity index (χ2n) is 9.12. The van der Waals surface area contributed by atoms with E-state index in [0.29, 0.717) is 5.56 Å². The summed E-state index contributed by atoms with van der Waals surface area (Å²) in [5.74, 6) is 0.130. The number of nitrogens with one attached hydrogen (secondary N) is 1. The van der Waals surface area contributed by atoms with Crippen molar-refractivity contribution in [3.05, 3.63) is 106 Å². The molecule has 3 atom stereocenters. The highest BCUT2D eigenvalue weighted by Crippen LogP contribution is 2.35. The van der Waals surface area contributed by atoms with E-state index in [4.69, 9.17) is 11.6 Å². The van der Waals surface area contributed by atoms with Gasteiger partial charge in [-0.1, -0.05) is 80.0 Å². The Kier molecular flexibility index (Phi) is 8.10. The summed E-state index contributed by atoms with van der Waals surface area (Å²) in [5, 5.41) is 24.1. The van der Waals surface area contributed by atoms with Crippen LogP contribution in [0.5, 0.6) is 0 Å². The minimum absolute atomic E-state index is 0.0319. The molecule has 4 heteroatoms. The number of hydrogen-bond acceptors (Lipinski definition) is 3. The van der Waals surface area contributed by atoms with Crippen LogP contribution in [0.15, 0.2) is 78.9 Å². The Morgan fingerprint density at radius 1 is 0.969 bits per heavy atom. The molecule has 0 aromatic heterocycles. The van der Waals surface area contributed by atoms with Crippen LogP contribution < -0.4 is 5.32 Å². The molecule has 0 bridgehead atoms. The summed E-state index contributed by atoms with van der Waals surface area (Å²) in [4.78, 5) is 0. The maximum absolute atomic E-state index is 10.1. The quantitative estimate of drug-likeness (QED) is 0.407. The molecule has 0 fully saturated rings. The van der Waals surface area contributed by atoms with Crippen molar-refractivity contribution in [2.45, 2.75) is 45.2 Å². The third kappa shape index (κ3) is 5.99. The summed E-state index contributed by atoms with van der Waals surface area (Å²) < 4.78 is 0. The standard InChI is InChI=1S/C28H31ClN2O/c1-20(31-27(28(2,3)19-32)23-9-5-4-6-10-23)26(17-21-12-14-25(29)15-13-21)24-11-7-8-22(16-24)18-30/h4-16,20,26-27,31-32H,17,19H2,1-3H3/t20?,26?,27-/m0/s1. The van der Waals surface area contributed by atoms with Crippen molar-refractivity contribution in [3.8, 4) is 6.07 Å². The lowest BCUT2D eigenvalue weighted by Gasteiger charge is -2.38. The molecular formula is C28H31ClN2O. The lowest BCUT2D eigenvalue weighted by Crippen LogP contribution is -2.43. The highest BCUT2D eigenvalue weighted by atomic mass is 35.5. The van der Waals surface area contributed by atoms with Crippen molar-refractivity contribution in [2.75, 3.05) is 6.61 Å². The Morgan fingerprint density at radius 3 is 2.25 bits per heavy atom. The molecule has 0 aliphatic heterocycles. The van der Waals surface area contributed by atoms with Crippen LogP contribution in [0, 0.1) is 16.7 Å². The van der Waals surface area contributed by atoms with Crippen molar-refractivity contribution in [3.63, 3.8) is 0 Å². The first-order valence-electron chi connectivity index (χ1n) is 11.0. The third-order valence-corrected chi connectivity index (χ3v) is 6.42. The molecule has 3 aromatic rings. The minimum atomic E-state index is -0.352. The van der Waals surface area contributed by atoms with Crippen molar-refractivity contribution in [1.82, 2.24) is 5.32 Å². The van der Waals surface area contributed by atoms with E-state index in [1.807, 2.05) is 48.5 Å². The van der Waals surface area contributed by atoms with Crippen LogP contribution in [0.4, 0.5) is 0 Å². The maximum Gasteiger partial charge on any atom is 0.0991 e. The predicted molar refractivity (Wildman–Crippen MR) is 132 cm³/mol. The summed E-state index contributed by atoms with van der Waals surface area (Å²) in [6, 6.07) is 28.4. The van der Waals surface area contributed by atoms with E-state index in [0.717, 1.165) is 22.6 Å². The molecule has 2 N–H and O–H groups in total. The Hall–Kier alpha value is -2.64. The fourth-order valence-corrected chi connectivity index (χ4v) is 4.31. The highest BCUT2D eigenvalue weighted by molar-refractivity contribution is 6.30. The molecule has 0 aliphatic rings. The number of aliphatic hydroxyl groups is 1. The molecule has 0 heterocycles. The van der Waals surface area contributed by atoms with Gasteiger partial charge in [0.15, 0.2) is 0 Å². The second kappa shape index (κ2) is 10.8. The largest absolute Gasteiger partial charge is 0.396 e. The van der Waals surface area contributed by atoms with Gasteiger partial charge >= 0.3 is 0 Å². The topological polar surface area (TPSA) is 56.0 Å². The van der Waals surface area contributed by atoms with Crippen LogP contribution >= 0.6 is 11.6 Å². The number of nitriles is 1. The molecule has 3 rings (SSSR count). The molecule has 3 aromatic carbocycles. The van der Waals surface area contributed by atoms with Gasteiger partial charge in [-0.05, 0) is 54.3 Å². The van der Waals surface area contributed by atoms with Crippen molar-refractivity contribution in [1.29, 1.82) is 5.26 Å². The van der Waals surface area contributed by atoms with Crippen LogP contribution in [0.1, 0.15) is 55.0 Å². The van der Waals surface area contributed by atoms with E-state index in [2.05, 4.69) is 62.5 Å². The molecule has 0 amide bonds. The SMILES string of the molecule is CC(N[C@@H](c1ccccc1)C(C)(C)CO)C(Cc1ccc(Cl)cc1)c1cccc(C#N)c1. The smallest absolute Gasteiger partial charge is 0.0991 e. The van der Waals surface area contributed by atoms with Gasteiger partial charge in [0, 0.05) is 35.0 Å². The van der Waals surface area contributed by atoms with Gasteiger partial charge in [-0.25, -0.2) is 0 Å². The van der Waals surface area contributed by atoms with Crippen molar-refractivity contribution >= 4 is 11.6 Å². The van der Waals surface area contributed by atoms with Gasteiger partial charge in [-0.3, -0.25) is 0 Å². The number of halogens is 1. The van der Waals surface area contributed by atoms with E-state index in [-0.39, 0.29) is 30.0 Å². The summed E-state index contributed by atoms with van der Waals surface area (Å²) in [6.45, 7) is 6.41. The van der Waals surface area contributed by atoms with Crippen LogP contribution in [-0.2, 0) is 6.42 Å². The molecule has 0 saturated heterocycles. The molecule has 3 nitrogen and oxygen atoms in total. The van der Waals surface area contributed by atoms with Crippen LogP contribution in [0.25, 0.3) is 0 Å². The number of aliphatic hydroxyl groups excluding tert-OH is 1. The molecule has 0 saturated carbocycles. The van der Waals surface area contributed by atoms with Gasteiger partial charge in [0.05, 0.1) is 11.6 Å². The van der Waals surface area contributed by atoms with Gasteiger partial charge in [0.25, 0.3) is 0 Å². The second-order valence-corrected chi connectivity index (χ2v) is 9.56. The molecule has 0 radical (unpaired) electrons. The van der Waals surface area contributed by atoms with E-state index in [9.17, 15) is 10.4 Å². The fourth-order valence-electron chi connectivity index (χ4n) is 4.19.